The van der Waals surface area contributed by atoms with Crippen LogP contribution in [0, 0.1) is 0 Å². The van der Waals surface area contributed by atoms with Gasteiger partial charge in [0.05, 0.1) is 6.10 Å². The van der Waals surface area contributed by atoms with E-state index in [1.165, 1.54) is 0 Å². The number of hydrogen-bond donors (Lipinski definition) is 2. The molecule has 0 bridgehead atoms. The summed E-state index contributed by atoms with van der Waals surface area (Å²) < 4.78 is 5.95. The van der Waals surface area contributed by atoms with Crippen molar-refractivity contribution in [1.82, 2.24) is 5.32 Å². The molecule has 1 atom stereocenters. The quantitative estimate of drug-likeness (QED) is 0.452. The van der Waals surface area contributed by atoms with Gasteiger partial charge in [0.15, 0.2) is 0 Å². The van der Waals surface area contributed by atoms with Crippen molar-refractivity contribution >= 4 is 34.8 Å². The maximum atomic E-state index is 10.3. The highest BCUT2D eigenvalue weighted by Gasteiger charge is 2.11. The van der Waals surface area contributed by atoms with E-state index in [1.807, 2.05) is 42.5 Å². The Balaban J connectivity index is 1.64. The van der Waals surface area contributed by atoms with Crippen LogP contribution in [0.4, 0.5) is 0 Å². The van der Waals surface area contributed by atoms with Crippen LogP contribution in [0.1, 0.15) is 22.8 Å². The van der Waals surface area contributed by atoms with Gasteiger partial charge in [-0.15, -0.1) is 0 Å². The third-order valence-corrected chi connectivity index (χ3v) is 5.24. The second kappa shape index (κ2) is 10.1. The van der Waals surface area contributed by atoms with Crippen LogP contribution in [0.15, 0.2) is 66.7 Å². The summed E-state index contributed by atoms with van der Waals surface area (Å²) in [6, 6.07) is 20.3. The van der Waals surface area contributed by atoms with Gasteiger partial charge in [0.2, 0.25) is 0 Å². The smallest absolute Gasteiger partial charge is 0.124 e. The molecule has 0 spiro atoms. The Hall–Kier alpha value is -1.75. The first-order chi connectivity index (χ1) is 13.5. The van der Waals surface area contributed by atoms with E-state index in [-0.39, 0.29) is 6.61 Å². The fourth-order valence-corrected chi connectivity index (χ4v) is 3.48. The summed E-state index contributed by atoms with van der Waals surface area (Å²) in [6.07, 6.45) is -0.591. The van der Waals surface area contributed by atoms with E-state index >= 15 is 0 Å². The molecule has 0 aliphatic rings. The molecule has 0 saturated heterocycles. The third-order valence-electron chi connectivity index (χ3n) is 4.29. The second-order valence-corrected chi connectivity index (χ2v) is 7.55. The first-order valence-electron chi connectivity index (χ1n) is 8.82. The molecule has 0 unspecified atom stereocenters. The molecule has 3 rings (SSSR count). The number of nitrogens with one attached hydrogen (secondary N) is 1. The number of aliphatic hydroxyl groups excluding tert-OH is 1. The Morgan fingerprint density at radius 2 is 1.61 bits per heavy atom. The maximum Gasteiger partial charge on any atom is 0.124 e. The SMILES string of the molecule is O[C@@H](CNCc1cc(Cl)ccc1OCc1c(Cl)cccc1Cl)c1ccccc1. The molecule has 0 fully saturated rings. The fraction of sp³-hybridized carbons (Fsp3) is 0.182. The van der Waals surface area contributed by atoms with E-state index in [4.69, 9.17) is 39.5 Å². The standard InChI is InChI=1S/C22H20Cl3NO2/c23-17-9-10-22(28-14-18-19(24)7-4-8-20(18)25)16(11-17)12-26-13-21(27)15-5-2-1-3-6-15/h1-11,21,26-27H,12-14H2/t21-/m0/s1. The summed E-state index contributed by atoms with van der Waals surface area (Å²) in [6.45, 7) is 1.15. The van der Waals surface area contributed by atoms with Crippen LogP contribution >= 0.6 is 34.8 Å². The van der Waals surface area contributed by atoms with Gasteiger partial charge in [-0.1, -0.05) is 71.2 Å². The molecule has 0 aromatic heterocycles. The highest BCUT2D eigenvalue weighted by molar-refractivity contribution is 6.36. The van der Waals surface area contributed by atoms with Gasteiger partial charge in [-0.2, -0.15) is 0 Å². The number of ether oxygens (including phenoxy) is 1. The summed E-state index contributed by atoms with van der Waals surface area (Å²) >= 11 is 18.6. The zero-order valence-electron chi connectivity index (χ0n) is 15.0. The first-order valence-corrected chi connectivity index (χ1v) is 9.96. The van der Waals surface area contributed by atoms with Crippen molar-refractivity contribution in [2.45, 2.75) is 19.3 Å². The van der Waals surface area contributed by atoms with Crippen LogP contribution in [-0.2, 0) is 13.2 Å². The van der Waals surface area contributed by atoms with Crippen LogP contribution in [0.5, 0.6) is 5.75 Å². The average Bonchev–Trinajstić information content (AvgIpc) is 2.69. The Kier molecular flexibility index (Phi) is 7.60. The van der Waals surface area contributed by atoms with Crippen LogP contribution in [0.2, 0.25) is 15.1 Å². The fourth-order valence-electron chi connectivity index (χ4n) is 2.78. The summed E-state index contributed by atoms with van der Waals surface area (Å²) in [7, 11) is 0. The average molecular weight is 437 g/mol. The van der Waals surface area contributed by atoms with Crippen LogP contribution in [-0.4, -0.2) is 11.7 Å². The van der Waals surface area contributed by atoms with Crippen molar-refractivity contribution in [2.24, 2.45) is 0 Å². The molecule has 146 valence electrons. The van der Waals surface area contributed by atoms with Gasteiger partial charge in [0, 0.05) is 39.3 Å². The van der Waals surface area contributed by atoms with E-state index in [1.54, 1.807) is 24.3 Å². The van der Waals surface area contributed by atoms with Crippen molar-refractivity contribution in [3.05, 3.63) is 98.5 Å². The molecular formula is C22H20Cl3NO2. The molecule has 0 radical (unpaired) electrons. The lowest BCUT2D eigenvalue weighted by Gasteiger charge is -2.16. The number of benzene rings is 3. The molecule has 0 saturated carbocycles. The molecule has 0 heterocycles. The summed E-state index contributed by atoms with van der Waals surface area (Å²) in [5.41, 5.74) is 2.49. The molecular weight excluding hydrogens is 417 g/mol. The molecule has 2 N–H and O–H groups in total. The monoisotopic (exact) mass is 435 g/mol. The highest BCUT2D eigenvalue weighted by Crippen LogP contribution is 2.28. The second-order valence-electron chi connectivity index (χ2n) is 6.30. The van der Waals surface area contributed by atoms with Gasteiger partial charge in [0.1, 0.15) is 12.4 Å². The minimum atomic E-state index is -0.591. The van der Waals surface area contributed by atoms with E-state index in [2.05, 4.69) is 5.32 Å². The number of halogens is 3. The zero-order chi connectivity index (χ0) is 19.9. The minimum absolute atomic E-state index is 0.250. The van der Waals surface area contributed by atoms with E-state index in [0.29, 0.717) is 33.9 Å². The number of hydrogen-bond acceptors (Lipinski definition) is 3. The van der Waals surface area contributed by atoms with Crippen LogP contribution < -0.4 is 10.1 Å². The normalized spacial score (nSPS) is 12.0. The molecule has 0 aliphatic carbocycles. The predicted octanol–water partition coefficient (Wildman–Crippen LogP) is 6.05. The lowest BCUT2D eigenvalue weighted by molar-refractivity contribution is 0.174. The summed E-state index contributed by atoms with van der Waals surface area (Å²) in [5, 5.41) is 15.3. The largest absolute Gasteiger partial charge is 0.488 e. The van der Waals surface area contributed by atoms with Crippen molar-refractivity contribution in [3.63, 3.8) is 0 Å². The van der Waals surface area contributed by atoms with E-state index in [9.17, 15) is 5.11 Å². The lowest BCUT2D eigenvalue weighted by Crippen LogP contribution is -2.21. The van der Waals surface area contributed by atoms with Crippen molar-refractivity contribution in [2.75, 3.05) is 6.54 Å². The third kappa shape index (κ3) is 5.63. The Morgan fingerprint density at radius 3 is 2.32 bits per heavy atom. The van der Waals surface area contributed by atoms with Crippen LogP contribution in [0.3, 0.4) is 0 Å². The van der Waals surface area contributed by atoms with Gasteiger partial charge in [-0.25, -0.2) is 0 Å². The maximum absolute atomic E-state index is 10.3. The zero-order valence-corrected chi connectivity index (χ0v) is 17.3. The predicted molar refractivity (Wildman–Crippen MR) is 115 cm³/mol. The van der Waals surface area contributed by atoms with Gasteiger partial charge in [0.25, 0.3) is 0 Å². The number of rotatable bonds is 8. The Bertz CT molecular complexity index is 899. The molecule has 0 aliphatic heterocycles. The lowest BCUT2D eigenvalue weighted by atomic mass is 10.1. The van der Waals surface area contributed by atoms with Gasteiger partial charge in [-0.05, 0) is 35.9 Å². The molecule has 6 heteroatoms. The van der Waals surface area contributed by atoms with Crippen LogP contribution in [0.25, 0.3) is 0 Å². The van der Waals surface area contributed by atoms with E-state index in [0.717, 1.165) is 16.7 Å². The molecule has 28 heavy (non-hydrogen) atoms. The molecule has 0 amide bonds. The summed E-state index contributed by atoms with van der Waals surface area (Å²) in [4.78, 5) is 0. The van der Waals surface area contributed by atoms with Gasteiger partial charge < -0.3 is 15.2 Å². The Labute approximate surface area is 179 Å². The number of aliphatic hydroxyl groups is 1. The van der Waals surface area contributed by atoms with Gasteiger partial charge >= 0.3 is 0 Å². The van der Waals surface area contributed by atoms with Crippen molar-refractivity contribution in [1.29, 1.82) is 0 Å². The van der Waals surface area contributed by atoms with Crippen molar-refractivity contribution in [3.8, 4) is 5.75 Å². The molecule has 3 nitrogen and oxygen atoms in total. The highest BCUT2D eigenvalue weighted by atomic mass is 35.5. The van der Waals surface area contributed by atoms with Crippen molar-refractivity contribution < 1.29 is 9.84 Å². The molecule has 3 aromatic carbocycles. The summed E-state index contributed by atoms with van der Waals surface area (Å²) in [5.74, 6) is 0.682. The first kappa shape index (κ1) is 21.0. The molecule has 3 aromatic rings. The van der Waals surface area contributed by atoms with E-state index < -0.39 is 6.10 Å². The topological polar surface area (TPSA) is 41.5 Å². The Morgan fingerprint density at radius 1 is 0.893 bits per heavy atom. The van der Waals surface area contributed by atoms with Gasteiger partial charge in [-0.3, -0.25) is 0 Å². The minimum Gasteiger partial charge on any atom is -0.488 e.